The minimum Gasteiger partial charge on any atom is -0.480 e. The molecule has 2 amide bonds. The summed E-state index contributed by atoms with van der Waals surface area (Å²) in [7, 11) is 0. The fourth-order valence-electron chi connectivity index (χ4n) is 3.77. The molecular formula is C17H26N2O4. The number of aliphatic carboxylic acids is 1. The van der Waals surface area contributed by atoms with Crippen LogP contribution in [-0.2, 0) is 14.4 Å². The van der Waals surface area contributed by atoms with Gasteiger partial charge in [0.05, 0.1) is 0 Å². The first-order valence-electron chi connectivity index (χ1n) is 8.22. The van der Waals surface area contributed by atoms with Crippen molar-refractivity contribution in [2.75, 3.05) is 13.1 Å². The van der Waals surface area contributed by atoms with Gasteiger partial charge >= 0.3 is 5.97 Å². The summed E-state index contributed by atoms with van der Waals surface area (Å²) in [6.07, 6.45) is 2.30. The van der Waals surface area contributed by atoms with Gasteiger partial charge in [-0.2, -0.15) is 0 Å². The standard InChI is InChI=1S/C17H26N2O4/c1-11(2)10-13(15(21)22)18-9-7-17(16(18)23)6-5-8-19(17)14(20)12(3)4/h11,13H,3,5-10H2,1-2,4H3,(H,21,22)/t13-,17?/m1/s1. The van der Waals surface area contributed by atoms with E-state index in [4.69, 9.17) is 0 Å². The number of carbonyl (C=O) groups is 3. The van der Waals surface area contributed by atoms with Crippen molar-refractivity contribution in [3.05, 3.63) is 12.2 Å². The van der Waals surface area contributed by atoms with E-state index >= 15 is 0 Å². The van der Waals surface area contributed by atoms with Crippen LogP contribution in [0.1, 0.15) is 46.5 Å². The van der Waals surface area contributed by atoms with Crippen molar-refractivity contribution in [2.24, 2.45) is 5.92 Å². The predicted molar refractivity (Wildman–Crippen MR) is 85.7 cm³/mol. The van der Waals surface area contributed by atoms with Gasteiger partial charge in [-0.25, -0.2) is 4.79 Å². The first-order chi connectivity index (χ1) is 10.7. The zero-order valence-corrected chi connectivity index (χ0v) is 14.2. The molecule has 23 heavy (non-hydrogen) atoms. The Labute approximate surface area is 137 Å². The van der Waals surface area contributed by atoms with Crippen LogP contribution in [0.3, 0.4) is 0 Å². The Kier molecular flexibility index (Phi) is 4.82. The smallest absolute Gasteiger partial charge is 0.326 e. The van der Waals surface area contributed by atoms with E-state index in [2.05, 4.69) is 6.58 Å². The second kappa shape index (κ2) is 6.34. The van der Waals surface area contributed by atoms with E-state index in [0.717, 1.165) is 6.42 Å². The lowest BCUT2D eigenvalue weighted by atomic mass is 9.93. The minimum absolute atomic E-state index is 0.178. The van der Waals surface area contributed by atoms with Crippen molar-refractivity contribution >= 4 is 17.8 Å². The molecule has 2 heterocycles. The van der Waals surface area contributed by atoms with Crippen LogP contribution in [-0.4, -0.2) is 57.4 Å². The molecule has 2 aliphatic heterocycles. The number of amides is 2. The first-order valence-corrected chi connectivity index (χ1v) is 8.22. The van der Waals surface area contributed by atoms with Gasteiger partial charge in [0.15, 0.2) is 0 Å². The highest BCUT2D eigenvalue weighted by molar-refractivity contribution is 6.00. The molecule has 1 N–H and O–H groups in total. The minimum atomic E-state index is -0.972. The third kappa shape index (κ3) is 2.99. The zero-order chi connectivity index (χ0) is 17.4. The Bertz CT molecular complexity index is 543. The molecule has 2 saturated heterocycles. The Morgan fingerprint density at radius 3 is 2.48 bits per heavy atom. The predicted octanol–water partition coefficient (Wildman–Crippen LogP) is 1.66. The Morgan fingerprint density at radius 1 is 1.30 bits per heavy atom. The molecule has 0 radical (unpaired) electrons. The second-order valence-corrected chi connectivity index (χ2v) is 7.10. The number of rotatable bonds is 5. The summed E-state index contributed by atoms with van der Waals surface area (Å²) in [5.74, 6) is -1.21. The van der Waals surface area contributed by atoms with Gasteiger partial charge in [0, 0.05) is 18.7 Å². The summed E-state index contributed by atoms with van der Waals surface area (Å²) >= 11 is 0. The number of likely N-dealkylation sites (tertiary alicyclic amines) is 2. The lowest BCUT2D eigenvalue weighted by molar-refractivity contribution is -0.153. The molecule has 0 aliphatic carbocycles. The fourth-order valence-corrected chi connectivity index (χ4v) is 3.77. The largest absolute Gasteiger partial charge is 0.480 e. The van der Waals surface area contributed by atoms with Crippen LogP contribution in [0.25, 0.3) is 0 Å². The van der Waals surface area contributed by atoms with E-state index in [9.17, 15) is 19.5 Å². The third-order valence-corrected chi connectivity index (χ3v) is 4.88. The molecule has 0 bridgehead atoms. The highest BCUT2D eigenvalue weighted by Gasteiger charge is 2.56. The molecule has 1 spiro atoms. The highest BCUT2D eigenvalue weighted by atomic mass is 16.4. The van der Waals surface area contributed by atoms with Gasteiger partial charge in [0.25, 0.3) is 0 Å². The van der Waals surface area contributed by atoms with Crippen molar-refractivity contribution < 1.29 is 19.5 Å². The van der Waals surface area contributed by atoms with Gasteiger partial charge in [-0.15, -0.1) is 0 Å². The first kappa shape index (κ1) is 17.5. The van der Waals surface area contributed by atoms with Crippen LogP contribution in [0, 0.1) is 5.92 Å². The fraction of sp³-hybridized carbons (Fsp3) is 0.706. The Hall–Kier alpha value is -1.85. The van der Waals surface area contributed by atoms with Gasteiger partial charge in [0.2, 0.25) is 11.8 Å². The summed E-state index contributed by atoms with van der Waals surface area (Å²) in [5.41, 5.74) is -0.449. The SMILES string of the molecule is C=C(C)C(=O)N1CCCC12CCN([C@H](CC(C)C)C(=O)O)C2=O. The molecule has 0 aromatic carbocycles. The van der Waals surface area contributed by atoms with Crippen LogP contribution >= 0.6 is 0 Å². The summed E-state index contributed by atoms with van der Waals surface area (Å²) in [6.45, 7) is 10.1. The number of carboxylic acid groups (broad SMARTS) is 1. The highest BCUT2D eigenvalue weighted by Crippen LogP contribution is 2.40. The molecule has 2 aliphatic rings. The lowest BCUT2D eigenvalue weighted by Gasteiger charge is -2.34. The van der Waals surface area contributed by atoms with Gasteiger partial charge < -0.3 is 14.9 Å². The van der Waals surface area contributed by atoms with E-state index in [0.29, 0.717) is 37.9 Å². The van der Waals surface area contributed by atoms with Crippen LogP contribution in [0.2, 0.25) is 0 Å². The third-order valence-electron chi connectivity index (χ3n) is 4.88. The molecule has 6 nitrogen and oxygen atoms in total. The maximum absolute atomic E-state index is 13.0. The monoisotopic (exact) mass is 322 g/mol. The number of nitrogens with zero attached hydrogens (tertiary/aromatic N) is 2. The maximum atomic E-state index is 13.0. The molecule has 0 aromatic rings. The Morgan fingerprint density at radius 2 is 1.96 bits per heavy atom. The summed E-state index contributed by atoms with van der Waals surface area (Å²) in [6, 6.07) is -0.816. The topological polar surface area (TPSA) is 77.9 Å². The van der Waals surface area contributed by atoms with Crippen molar-refractivity contribution in [3.8, 4) is 0 Å². The molecule has 2 fully saturated rings. The van der Waals surface area contributed by atoms with E-state index in [1.165, 1.54) is 4.90 Å². The van der Waals surface area contributed by atoms with Crippen LogP contribution in [0.4, 0.5) is 0 Å². The number of carboxylic acids is 1. The number of hydrogen-bond donors (Lipinski definition) is 1. The van der Waals surface area contributed by atoms with Gasteiger partial charge in [-0.05, 0) is 38.5 Å². The van der Waals surface area contributed by atoms with Crippen LogP contribution < -0.4 is 0 Å². The normalized spacial score (nSPS) is 25.5. The molecule has 2 rings (SSSR count). The Balaban J connectivity index is 2.27. The molecule has 0 saturated carbocycles. The van der Waals surface area contributed by atoms with Gasteiger partial charge in [-0.1, -0.05) is 20.4 Å². The van der Waals surface area contributed by atoms with E-state index < -0.39 is 17.6 Å². The van der Waals surface area contributed by atoms with Crippen molar-refractivity contribution in [3.63, 3.8) is 0 Å². The molecule has 1 unspecified atom stereocenters. The van der Waals surface area contributed by atoms with Gasteiger partial charge in [0.1, 0.15) is 11.6 Å². The average molecular weight is 322 g/mol. The molecule has 0 aromatic heterocycles. The van der Waals surface area contributed by atoms with E-state index in [1.807, 2.05) is 13.8 Å². The molecular weight excluding hydrogens is 296 g/mol. The zero-order valence-electron chi connectivity index (χ0n) is 14.2. The molecule has 6 heteroatoms. The van der Waals surface area contributed by atoms with Gasteiger partial charge in [-0.3, -0.25) is 9.59 Å². The van der Waals surface area contributed by atoms with Crippen molar-refractivity contribution in [2.45, 2.75) is 58.0 Å². The van der Waals surface area contributed by atoms with Crippen LogP contribution in [0.15, 0.2) is 12.2 Å². The van der Waals surface area contributed by atoms with E-state index in [1.54, 1.807) is 11.8 Å². The van der Waals surface area contributed by atoms with Crippen molar-refractivity contribution in [1.29, 1.82) is 0 Å². The van der Waals surface area contributed by atoms with Crippen molar-refractivity contribution in [1.82, 2.24) is 9.80 Å². The molecule has 128 valence electrons. The lowest BCUT2D eigenvalue weighted by Crippen LogP contribution is -2.55. The summed E-state index contributed by atoms with van der Waals surface area (Å²) < 4.78 is 0. The summed E-state index contributed by atoms with van der Waals surface area (Å²) in [4.78, 5) is 40.1. The van der Waals surface area contributed by atoms with E-state index in [-0.39, 0.29) is 17.7 Å². The number of hydrogen-bond acceptors (Lipinski definition) is 3. The summed E-state index contributed by atoms with van der Waals surface area (Å²) in [5, 5.41) is 9.51. The average Bonchev–Trinajstić information content (AvgIpc) is 3.02. The second-order valence-electron chi connectivity index (χ2n) is 7.10. The maximum Gasteiger partial charge on any atom is 0.326 e. The van der Waals surface area contributed by atoms with Crippen LogP contribution in [0.5, 0.6) is 0 Å². The quantitative estimate of drug-likeness (QED) is 0.781. The molecule has 2 atom stereocenters. The number of carbonyl (C=O) groups excluding carboxylic acids is 2.